The van der Waals surface area contributed by atoms with Crippen LogP contribution < -0.4 is 5.32 Å². The number of nitrogens with one attached hydrogen (secondary N) is 1. The number of carbonyl (C=O) groups is 1. The number of carbonyl (C=O) groups excluding carboxylic acids is 1. The Bertz CT molecular complexity index is 1080. The van der Waals surface area contributed by atoms with Gasteiger partial charge in [-0.05, 0) is 35.4 Å². The predicted molar refractivity (Wildman–Crippen MR) is 100 cm³/mol. The zero-order valence-corrected chi connectivity index (χ0v) is 14.3. The highest BCUT2D eigenvalue weighted by molar-refractivity contribution is 6.13. The van der Waals surface area contributed by atoms with E-state index in [-0.39, 0.29) is 5.91 Å². The molecule has 0 spiro atoms. The van der Waals surface area contributed by atoms with E-state index < -0.39 is 0 Å². The number of rotatable bonds is 4. The lowest BCUT2D eigenvalue weighted by Gasteiger charge is -2.11. The Hall–Kier alpha value is -3.47. The molecule has 3 aromatic carbocycles. The third kappa shape index (κ3) is 3.19. The second-order valence-corrected chi connectivity index (χ2v) is 6.05. The highest BCUT2D eigenvalue weighted by Crippen LogP contribution is 2.22. The average Bonchev–Trinajstić information content (AvgIpc) is 3.07. The Morgan fingerprint density at radius 2 is 1.77 bits per heavy atom. The first-order chi connectivity index (χ1) is 12.7. The molecule has 0 fully saturated rings. The van der Waals surface area contributed by atoms with Gasteiger partial charge in [0, 0.05) is 11.3 Å². The number of aromatic nitrogens is 2. The first-order valence-corrected chi connectivity index (χ1v) is 8.37. The maximum Gasteiger partial charge on any atom is 0.256 e. The van der Waals surface area contributed by atoms with Crippen LogP contribution in [0.25, 0.3) is 10.8 Å². The molecule has 0 radical (unpaired) electrons. The molecule has 1 heterocycles. The van der Waals surface area contributed by atoms with Crippen molar-refractivity contribution in [3.63, 3.8) is 0 Å². The Balaban J connectivity index is 1.64. The molecule has 0 bridgehead atoms. The standard InChI is InChI=1S/C21H17N3O2/c1-14-22-20(26-24-14)13-16-8-3-5-12-19(16)23-21(25)18-11-6-9-15-7-2-4-10-17(15)18/h2-12H,13H2,1H3,(H,23,25). The topological polar surface area (TPSA) is 68.0 Å². The molecule has 4 aromatic rings. The first kappa shape index (κ1) is 16.0. The fourth-order valence-electron chi connectivity index (χ4n) is 2.98. The molecule has 0 atom stereocenters. The van der Waals surface area contributed by atoms with Crippen molar-refractivity contribution in [3.8, 4) is 0 Å². The summed E-state index contributed by atoms with van der Waals surface area (Å²) < 4.78 is 5.20. The monoisotopic (exact) mass is 343 g/mol. The normalized spacial score (nSPS) is 10.8. The SMILES string of the molecule is Cc1noc(Cc2ccccc2NC(=O)c2cccc3ccccc23)n1. The smallest absolute Gasteiger partial charge is 0.256 e. The number of nitrogens with zero attached hydrogens (tertiary/aromatic N) is 2. The highest BCUT2D eigenvalue weighted by atomic mass is 16.5. The lowest BCUT2D eigenvalue weighted by Crippen LogP contribution is -2.14. The molecule has 1 N–H and O–H groups in total. The molecule has 0 saturated heterocycles. The van der Waals surface area contributed by atoms with Crippen molar-refractivity contribution in [2.75, 3.05) is 5.32 Å². The number of amides is 1. The molecular weight excluding hydrogens is 326 g/mol. The number of hydrogen-bond acceptors (Lipinski definition) is 4. The maximum absolute atomic E-state index is 12.9. The van der Waals surface area contributed by atoms with Gasteiger partial charge in [0.25, 0.3) is 5.91 Å². The van der Waals surface area contributed by atoms with Crippen molar-refractivity contribution in [2.24, 2.45) is 0 Å². The molecule has 0 aliphatic heterocycles. The van der Waals surface area contributed by atoms with Gasteiger partial charge >= 0.3 is 0 Å². The summed E-state index contributed by atoms with van der Waals surface area (Å²) >= 11 is 0. The minimum Gasteiger partial charge on any atom is -0.339 e. The maximum atomic E-state index is 12.9. The summed E-state index contributed by atoms with van der Waals surface area (Å²) in [5.74, 6) is 0.975. The van der Waals surface area contributed by atoms with Gasteiger partial charge in [0.1, 0.15) is 0 Å². The molecular formula is C21H17N3O2. The van der Waals surface area contributed by atoms with Crippen LogP contribution in [0.2, 0.25) is 0 Å². The number of anilines is 1. The molecule has 0 saturated carbocycles. The molecule has 1 aromatic heterocycles. The van der Waals surface area contributed by atoms with E-state index in [9.17, 15) is 4.79 Å². The minimum atomic E-state index is -0.143. The van der Waals surface area contributed by atoms with Gasteiger partial charge in [0.2, 0.25) is 5.89 Å². The molecule has 0 unspecified atom stereocenters. The summed E-state index contributed by atoms with van der Waals surface area (Å²) in [6.07, 6.45) is 0.465. The van der Waals surface area contributed by atoms with E-state index in [1.165, 1.54) is 0 Å². The second-order valence-electron chi connectivity index (χ2n) is 6.05. The highest BCUT2D eigenvalue weighted by Gasteiger charge is 2.13. The van der Waals surface area contributed by atoms with Crippen LogP contribution >= 0.6 is 0 Å². The zero-order valence-electron chi connectivity index (χ0n) is 14.3. The van der Waals surface area contributed by atoms with Crippen molar-refractivity contribution in [3.05, 3.63) is 89.6 Å². The number of hydrogen-bond donors (Lipinski definition) is 1. The minimum absolute atomic E-state index is 0.143. The molecule has 5 heteroatoms. The summed E-state index contributed by atoms with van der Waals surface area (Å²) in [5.41, 5.74) is 2.30. The van der Waals surface area contributed by atoms with Crippen molar-refractivity contribution < 1.29 is 9.32 Å². The predicted octanol–water partition coefficient (Wildman–Crippen LogP) is 4.37. The van der Waals surface area contributed by atoms with Crippen LogP contribution in [0.1, 0.15) is 27.6 Å². The molecule has 4 rings (SSSR count). The quantitative estimate of drug-likeness (QED) is 0.597. The van der Waals surface area contributed by atoms with Gasteiger partial charge in [0.05, 0.1) is 6.42 Å². The molecule has 0 aliphatic carbocycles. The van der Waals surface area contributed by atoms with Crippen molar-refractivity contribution in [1.82, 2.24) is 10.1 Å². The summed E-state index contributed by atoms with van der Waals surface area (Å²) in [6.45, 7) is 1.78. The van der Waals surface area contributed by atoms with Crippen LogP contribution in [0.4, 0.5) is 5.69 Å². The Kier molecular flexibility index (Phi) is 4.19. The van der Waals surface area contributed by atoms with Crippen LogP contribution in [0.15, 0.2) is 71.3 Å². The third-order valence-corrected chi connectivity index (χ3v) is 4.21. The van der Waals surface area contributed by atoms with Crippen LogP contribution in [0, 0.1) is 6.92 Å². The van der Waals surface area contributed by atoms with Gasteiger partial charge in [-0.25, -0.2) is 0 Å². The largest absolute Gasteiger partial charge is 0.339 e. The third-order valence-electron chi connectivity index (χ3n) is 4.21. The van der Waals surface area contributed by atoms with Crippen molar-refractivity contribution in [2.45, 2.75) is 13.3 Å². The van der Waals surface area contributed by atoms with Crippen LogP contribution in [0.5, 0.6) is 0 Å². The Labute approximate surface area is 150 Å². The van der Waals surface area contributed by atoms with E-state index in [1.54, 1.807) is 6.92 Å². The van der Waals surface area contributed by atoms with Crippen molar-refractivity contribution >= 4 is 22.4 Å². The van der Waals surface area contributed by atoms with Gasteiger partial charge in [-0.1, -0.05) is 59.8 Å². The molecule has 128 valence electrons. The molecule has 26 heavy (non-hydrogen) atoms. The van der Waals surface area contributed by atoms with E-state index in [0.29, 0.717) is 23.7 Å². The molecule has 5 nitrogen and oxygen atoms in total. The van der Waals surface area contributed by atoms with E-state index in [0.717, 1.165) is 22.0 Å². The first-order valence-electron chi connectivity index (χ1n) is 8.37. The molecule has 0 aliphatic rings. The van der Waals surface area contributed by atoms with Crippen LogP contribution in [-0.2, 0) is 6.42 Å². The summed E-state index contributed by atoms with van der Waals surface area (Å²) in [5, 5.41) is 8.79. The van der Waals surface area contributed by atoms with Gasteiger partial charge in [0.15, 0.2) is 5.82 Å². The van der Waals surface area contributed by atoms with E-state index in [2.05, 4.69) is 15.5 Å². The van der Waals surface area contributed by atoms with Gasteiger partial charge < -0.3 is 9.84 Å². The fraction of sp³-hybridized carbons (Fsp3) is 0.0952. The van der Waals surface area contributed by atoms with E-state index in [1.807, 2.05) is 66.7 Å². The average molecular weight is 343 g/mol. The Morgan fingerprint density at radius 3 is 2.62 bits per heavy atom. The van der Waals surface area contributed by atoms with Crippen LogP contribution in [0.3, 0.4) is 0 Å². The van der Waals surface area contributed by atoms with Gasteiger partial charge in [-0.15, -0.1) is 0 Å². The van der Waals surface area contributed by atoms with E-state index >= 15 is 0 Å². The summed E-state index contributed by atoms with van der Waals surface area (Å²) in [6, 6.07) is 21.2. The summed E-state index contributed by atoms with van der Waals surface area (Å²) in [7, 11) is 0. The number of aryl methyl sites for hydroxylation is 1. The lowest BCUT2D eigenvalue weighted by molar-refractivity contribution is 0.102. The number of benzene rings is 3. The van der Waals surface area contributed by atoms with Gasteiger partial charge in [-0.3, -0.25) is 4.79 Å². The fourth-order valence-corrected chi connectivity index (χ4v) is 2.98. The van der Waals surface area contributed by atoms with E-state index in [4.69, 9.17) is 4.52 Å². The van der Waals surface area contributed by atoms with Crippen molar-refractivity contribution in [1.29, 1.82) is 0 Å². The Morgan fingerprint density at radius 1 is 1.00 bits per heavy atom. The molecule has 1 amide bonds. The second kappa shape index (κ2) is 6.80. The number of fused-ring (bicyclic) bond motifs is 1. The van der Waals surface area contributed by atoms with Crippen LogP contribution in [-0.4, -0.2) is 16.0 Å². The lowest BCUT2D eigenvalue weighted by atomic mass is 10.0. The number of para-hydroxylation sites is 1. The van der Waals surface area contributed by atoms with Gasteiger partial charge in [-0.2, -0.15) is 4.98 Å². The summed E-state index contributed by atoms with van der Waals surface area (Å²) in [4.78, 5) is 17.1. The zero-order chi connectivity index (χ0) is 17.9.